The second-order valence-electron chi connectivity index (χ2n) is 12.9. The van der Waals surface area contributed by atoms with Crippen molar-refractivity contribution >= 4 is 5.78 Å². The van der Waals surface area contributed by atoms with Gasteiger partial charge in [-0.05, 0) is 91.3 Å². The molecule has 0 aromatic carbocycles. The van der Waals surface area contributed by atoms with Gasteiger partial charge >= 0.3 is 0 Å². The maximum absolute atomic E-state index is 12.8. The zero-order chi connectivity index (χ0) is 27.0. The fourth-order valence-electron chi connectivity index (χ4n) is 7.78. The highest BCUT2D eigenvalue weighted by Gasteiger charge is 2.50. The third-order valence-electron chi connectivity index (χ3n) is 10.1. The molecule has 0 heterocycles. The van der Waals surface area contributed by atoms with E-state index in [9.17, 15) is 15.0 Å². The number of aliphatic hydroxyl groups excluding tert-OH is 3. The molecule has 0 bridgehead atoms. The van der Waals surface area contributed by atoms with Gasteiger partial charge in [-0.2, -0.15) is 0 Å². The number of carbonyl (C=O) groups is 1. The Morgan fingerprint density at radius 1 is 1.11 bits per heavy atom. The number of aliphatic hydroxyl groups is 3. The molecule has 4 aliphatic carbocycles. The third kappa shape index (κ3) is 5.61. The maximum atomic E-state index is 12.8. The highest BCUT2D eigenvalue weighted by molar-refractivity contribution is 6.01. The number of ether oxygens (including phenoxy) is 1. The first-order valence-electron chi connectivity index (χ1n) is 14.4. The van der Waals surface area contributed by atoms with Crippen molar-refractivity contribution in [2.45, 2.75) is 104 Å². The number of allylic oxidation sites excluding steroid dienone is 5. The van der Waals surface area contributed by atoms with Crippen LogP contribution in [0.5, 0.6) is 0 Å². The lowest BCUT2D eigenvalue weighted by Gasteiger charge is -2.44. The fourth-order valence-corrected chi connectivity index (χ4v) is 7.78. The van der Waals surface area contributed by atoms with E-state index in [1.165, 1.54) is 31.3 Å². The largest absolute Gasteiger partial charge is 0.396 e. The summed E-state index contributed by atoms with van der Waals surface area (Å²) in [6, 6.07) is 0. The first kappa shape index (κ1) is 28.5. The van der Waals surface area contributed by atoms with Crippen molar-refractivity contribution in [3.63, 3.8) is 0 Å². The second-order valence-corrected chi connectivity index (χ2v) is 12.9. The molecule has 1 unspecified atom stereocenters. The Kier molecular flexibility index (Phi) is 8.69. The van der Waals surface area contributed by atoms with Gasteiger partial charge < -0.3 is 20.1 Å². The summed E-state index contributed by atoms with van der Waals surface area (Å²) in [7, 11) is 0. The predicted octanol–water partition coefficient (Wildman–Crippen LogP) is 5.46. The van der Waals surface area contributed by atoms with E-state index in [0.29, 0.717) is 48.6 Å². The van der Waals surface area contributed by atoms with Gasteiger partial charge in [0.25, 0.3) is 0 Å². The molecule has 0 radical (unpaired) electrons. The predicted molar refractivity (Wildman–Crippen MR) is 147 cm³/mol. The van der Waals surface area contributed by atoms with Crippen LogP contribution in [0.3, 0.4) is 0 Å². The number of hydrogen-bond acceptors (Lipinski definition) is 5. The van der Waals surface area contributed by atoms with Gasteiger partial charge in [0.05, 0.1) is 6.10 Å². The first-order chi connectivity index (χ1) is 17.5. The van der Waals surface area contributed by atoms with Crippen LogP contribution in [0.1, 0.15) is 85.5 Å². The minimum absolute atomic E-state index is 0.0199. The van der Waals surface area contributed by atoms with Crippen molar-refractivity contribution in [2.75, 3.05) is 13.2 Å². The Labute approximate surface area is 223 Å². The van der Waals surface area contributed by atoms with Crippen LogP contribution in [-0.4, -0.2) is 52.6 Å². The quantitative estimate of drug-likeness (QED) is 0.312. The second kappa shape index (κ2) is 11.3. The molecule has 4 rings (SSSR count). The van der Waals surface area contributed by atoms with Crippen LogP contribution in [-0.2, 0) is 9.53 Å². The van der Waals surface area contributed by atoms with Gasteiger partial charge in [0.15, 0.2) is 5.78 Å². The molecule has 4 aliphatic rings. The molecular formula is C32H48O5. The highest BCUT2D eigenvalue weighted by Crippen LogP contribution is 2.60. The monoisotopic (exact) mass is 512 g/mol. The molecule has 206 valence electrons. The normalized spacial score (nSPS) is 40.1. The van der Waals surface area contributed by atoms with Gasteiger partial charge in [-0.3, -0.25) is 4.79 Å². The molecule has 0 spiro atoms. The highest BCUT2D eigenvalue weighted by atomic mass is 16.5. The van der Waals surface area contributed by atoms with Crippen LogP contribution in [0.15, 0.2) is 47.1 Å². The molecule has 5 heteroatoms. The van der Waals surface area contributed by atoms with Crippen molar-refractivity contribution in [1.29, 1.82) is 0 Å². The summed E-state index contributed by atoms with van der Waals surface area (Å²) in [5.41, 5.74) is 4.04. The zero-order valence-electron chi connectivity index (χ0n) is 23.3. The van der Waals surface area contributed by atoms with Crippen molar-refractivity contribution in [3.05, 3.63) is 47.1 Å². The minimum Gasteiger partial charge on any atom is -0.396 e. The fraction of sp³-hybridized carbons (Fsp3) is 0.719. The Balaban J connectivity index is 1.48. The molecule has 7 atom stereocenters. The van der Waals surface area contributed by atoms with E-state index in [2.05, 4.69) is 52.5 Å². The summed E-state index contributed by atoms with van der Waals surface area (Å²) in [6.07, 6.45) is 12.8. The van der Waals surface area contributed by atoms with E-state index in [1.807, 2.05) is 0 Å². The van der Waals surface area contributed by atoms with Gasteiger partial charge in [-0.1, -0.05) is 58.1 Å². The number of ketones is 1. The van der Waals surface area contributed by atoms with Crippen molar-refractivity contribution in [1.82, 2.24) is 0 Å². The average Bonchev–Trinajstić information content (AvgIpc) is 3.34. The zero-order valence-corrected chi connectivity index (χ0v) is 23.3. The van der Waals surface area contributed by atoms with Gasteiger partial charge in [0, 0.05) is 25.0 Å². The van der Waals surface area contributed by atoms with Crippen molar-refractivity contribution in [2.24, 2.45) is 28.6 Å². The number of hydrogen-bond donors (Lipinski definition) is 3. The summed E-state index contributed by atoms with van der Waals surface area (Å²) in [4.78, 5) is 12.8. The number of Topliss-reactive ketones (excluding diaryl/α,β-unsaturated/α-hetero) is 1. The number of carbonyl (C=O) groups excluding carboxylic acids is 1. The van der Waals surface area contributed by atoms with Gasteiger partial charge in [0.1, 0.15) is 12.2 Å². The summed E-state index contributed by atoms with van der Waals surface area (Å²) in [5.74, 6) is 1.84. The Hall–Kier alpha value is -1.53. The van der Waals surface area contributed by atoms with Gasteiger partial charge in [0.2, 0.25) is 0 Å². The lowest BCUT2D eigenvalue weighted by molar-refractivity contribution is -0.121. The first-order valence-corrected chi connectivity index (χ1v) is 14.4. The molecule has 0 aromatic rings. The molecule has 4 fully saturated rings. The van der Waals surface area contributed by atoms with Crippen LogP contribution >= 0.6 is 0 Å². The number of fused-ring (bicyclic) bond motifs is 1. The van der Waals surface area contributed by atoms with E-state index in [1.54, 1.807) is 0 Å². The molecule has 37 heavy (non-hydrogen) atoms. The molecule has 0 saturated heterocycles. The van der Waals surface area contributed by atoms with Crippen LogP contribution in [0.2, 0.25) is 0 Å². The summed E-state index contributed by atoms with van der Waals surface area (Å²) in [6.45, 7) is 13.4. The molecule has 0 aromatic heterocycles. The average molecular weight is 513 g/mol. The summed E-state index contributed by atoms with van der Waals surface area (Å²) >= 11 is 0. The topological polar surface area (TPSA) is 87.0 Å². The Morgan fingerprint density at radius 3 is 2.54 bits per heavy atom. The molecule has 3 N–H and O–H groups in total. The van der Waals surface area contributed by atoms with Gasteiger partial charge in [-0.15, -0.1) is 0 Å². The maximum Gasteiger partial charge on any atom is 0.164 e. The minimum atomic E-state index is -0.947. The molecule has 5 nitrogen and oxygen atoms in total. The lowest BCUT2D eigenvalue weighted by Crippen LogP contribution is -2.45. The third-order valence-corrected chi connectivity index (χ3v) is 10.1. The van der Waals surface area contributed by atoms with Crippen LogP contribution in [0.25, 0.3) is 0 Å². The Morgan fingerprint density at radius 2 is 1.86 bits per heavy atom. The SMILES string of the molecule is C=C1/C(=C\C=C2/CCC[C@]3(C)[C@@H](C(C)/C=C4\CCC(C)(C)C4=O)CC[C@@H]23)C[C@@H](O)[C@H](OCCCO)[C@@H]1O. The Bertz CT molecular complexity index is 972. The van der Waals surface area contributed by atoms with Crippen molar-refractivity contribution < 1.29 is 24.9 Å². The van der Waals surface area contributed by atoms with E-state index < -0.39 is 18.3 Å². The standard InChI is InChI=1S/C32H48O5/c1-20(18-24-13-15-31(3,4)30(24)36)25-11-12-26-22(8-6-14-32(25,26)5)9-10-23-19-27(34)29(28(35)21(23)2)37-17-7-16-33/h9-10,18,20,25-29,33-35H,2,6-8,11-17,19H2,1,3-5H3/b22-9+,23-10-,24-18+/t20?,25-,26+,27-,28-,29+,32-/m1/s1. The van der Waals surface area contributed by atoms with Crippen LogP contribution in [0, 0.1) is 28.6 Å². The van der Waals surface area contributed by atoms with Crippen LogP contribution < -0.4 is 0 Å². The smallest absolute Gasteiger partial charge is 0.164 e. The van der Waals surface area contributed by atoms with E-state index in [4.69, 9.17) is 9.84 Å². The molecule has 4 saturated carbocycles. The van der Waals surface area contributed by atoms with E-state index in [-0.39, 0.29) is 17.4 Å². The van der Waals surface area contributed by atoms with E-state index >= 15 is 0 Å². The molecule has 0 aliphatic heterocycles. The molecular weight excluding hydrogens is 464 g/mol. The van der Waals surface area contributed by atoms with Crippen molar-refractivity contribution in [3.8, 4) is 0 Å². The molecule has 0 amide bonds. The van der Waals surface area contributed by atoms with Crippen LogP contribution in [0.4, 0.5) is 0 Å². The summed E-state index contributed by atoms with van der Waals surface area (Å²) < 4.78 is 5.64. The van der Waals surface area contributed by atoms with Gasteiger partial charge in [-0.25, -0.2) is 0 Å². The van der Waals surface area contributed by atoms with E-state index in [0.717, 1.165) is 30.4 Å². The summed E-state index contributed by atoms with van der Waals surface area (Å²) in [5, 5.41) is 30.4. The lowest BCUT2D eigenvalue weighted by atomic mass is 9.61. The number of rotatable bonds is 7.